The summed E-state index contributed by atoms with van der Waals surface area (Å²) >= 11 is 12.8. The Morgan fingerprint density at radius 3 is 2.40 bits per heavy atom. The van der Waals surface area contributed by atoms with E-state index in [4.69, 9.17) is 38.0 Å². The lowest BCUT2D eigenvalue weighted by atomic mass is 9.87. The average Bonchev–Trinajstić information content (AvgIpc) is 3.44. The molecule has 5 rings (SSSR count). The maximum absolute atomic E-state index is 11.0. The molecule has 48 heavy (non-hydrogen) atoms. The number of halogens is 2. The molecule has 2 aliphatic rings. The molecule has 0 amide bonds. The molecular formula is C39H47Cl2N3O4. The molecule has 2 unspecified atom stereocenters. The molecule has 1 fully saturated rings. The van der Waals surface area contributed by atoms with Gasteiger partial charge in [0.2, 0.25) is 0 Å². The van der Waals surface area contributed by atoms with Crippen LogP contribution in [0.5, 0.6) is 5.75 Å². The molecule has 2 aromatic carbocycles. The van der Waals surface area contributed by atoms with E-state index < -0.39 is 5.97 Å². The molecule has 1 heterocycles. The largest absolute Gasteiger partial charge is 0.489 e. The standard InChI is InChI=1S/C31H33Cl2N3O3.C8H14O/c1-3-4-17-36-19-29(26-15-11-24(32)12-16-27(26)33)35-30(36)28(34-2)18-21-7-13-25(14-8-21)39-20-22-5-9-23(10-6-22)31(37)38;9-7-6-8-4-2-1-3-5-8/h5-16,19,24,28,34H,3-4,17-18,20H2,1-2H3,(H,37,38);7-8H,1-6H2. The van der Waals surface area contributed by atoms with Gasteiger partial charge < -0.3 is 24.5 Å². The Labute approximate surface area is 294 Å². The van der Waals surface area contributed by atoms with Crippen LogP contribution in [0.25, 0.3) is 5.57 Å². The van der Waals surface area contributed by atoms with Crippen molar-refractivity contribution in [2.45, 2.75) is 89.3 Å². The summed E-state index contributed by atoms with van der Waals surface area (Å²) in [6, 6.07) is 14.7. The van der Waals surface area contributed by atoms with Crippen LogP contribution in [0.1, 0.15) is 97.3 Å². The normalized spacial score (nSPS) is 17.0. The highest BCUT2D eigenvalue weighted by molar-refractivity contribution is 6.35. The predicted octanol–water partition coefficient (Wildman–Crippen LogP) is 9.30. The van der Waals surface area contributed by atoms with Crippen molar-refractivity contribution in [2.24, 2.45) is 5.92 Å². The van der Waals surface area contributed by atoms with E-state index in [0.717, 1.165) is 78.4 Å². The third kappa shape index (κ3) is 11.2. The first kappa shape index (κ1) is 37.2. The van der Waals surface area contributed by atoms with Crippen LogP contribution in [0, 0.1) is 5.92 Å². The van der Waals surface area contributed by atoms with Gasteiger partial charge in [0.1, 0.15) is 24.5 Å². The number of unbranched alkanes of at least 4 members (excludes halogenated alkanes) is 1. The first-order valence-corrected chi connectivity index (χ1v) is 17.7. The van der Waals surface area contributed by atoms with Crippen molar-refractivity contribution in [3.63, 3.8) is 0 Å². The number of aromatic nitrogens is 2. The molecule has 7 nitrogen and oxygen atoms in total. The Hall–Kier alpha value is -3.65. The number of carboxylic acid groups (broad SMARTS) is 1. The third-order valence-corrected chi connectivity index (χ3v) is 9.37. The van der Waals surface area contributed by atoms with Gasteiger partial charge >= 0.3 is 5.97 Å². The van der Waals surface area contributed by atoms with Crippen LogP contribution in [0.15, 0.2) is 84.1 Å². The molecule has 0 bridgehead atoms. The van der Waals surface area contributed by atoms with E-state index in [0.29, 0.717) is 11.6 Å². The average molecular weight is 693 g/mol. The summed E-state index contributed by atoms with van der Waals surface area (Å²) in [5.74, 6) is 1.51. The maximum Gasteiger partial charge on any atom is 0.335 e. The zero-order chi connectivity index (χ0) is 34.3. The highest BCUT2D eigenvalue weighted by Crippen LogP contribution is 2.30. The molecule has 1 aromatic heterocycles. The van der Waals surface area contributed by atoms with Crippen molar-refractivity contribution in [1.29, 1.82) is 0 Å². The molecule has 0 aliphatic heterocycles. The number of imidazole rings is 1. The lowest BCUT2D eigenvalue weighted by Gasteiger charge is -2.18. The fraction of sp³-hybridized carbons (Fsp3) is 0.410. The van der Waals surface area contributed by atoms with Gasteiger partial charge in [-0.05, 0) is 67.3 Å². The Balaban J connectivity index is 0.000000500. The van der Waals surface area contributed by atoms with Crippen molar-refractivity contribution < 1.29 is 19.4 Å². The van der Waals surface area contributed by atoms with Crippen LogP contribution in [-0.2, 0) is 24.4 Å². The minimum atomic E-state index is -0.939. The Morgan fingerprint density at radius 1 is 1.06 bits per heavy atom. The minimum absolute atomic E-state index is 0.000532. The SMILES string of the molecule is CCCCn1cc(C2=C(Cl)C=CC(Cl)C=C2)nc1C(Cc1ccc(OCc2ccc(C(=O)O)cc2)cc1)NC.O=CCC1CCCCC1. The molecule has 0 saturated heterocycles. The lowest BCUT2D eigenvalue weighted by molar-refractivity contribution is -0.108. The van der Waals surface area contributed by atoms with E-state index in [1.807, 2.05) is 43.5 Å². The molecule has 0 radical (unpaired) electrons. The second-order valence-corrected chi connectivity index (χ2v) is 13.3. The zero-order valence-corrected chi connectivity index (χ0v) is 29.4. The van der Waals surface area contributed by atoms with Gasteiger partial charge in [-0.2, -0.15) is 0 Å². The number of nitrogens with zero attached hydrogens (tertiary/aromatic N) is 2. The summed E-state index contributed by atoms with van der Waals surface area (Å²) in [7, 11) is 1.95. The van der Waals surface area contributed by atoms with Crippen molar-refractivity contribution in [3.05, 3.63) is 112 Å². The van der Waals surface area contributed by atoms with Crippen LogP contribution in [0.3, 0.4) is 0 Å². The van der Waals surface area contributed by atoms with Crippen LogP contribution in [-0.4, -0.2) is 39.3 Å². The van der Waals surface area contributed by atoms with Crippen molar-refractivity contribution in [1.82, 2.24) is 14.9 Å². The lowest BCUT2D eigenvalue weighted by Crippen LogP contribution is -2.23. The second-order valence-electron chi connectivity index (χ2n) is 12.3. The summed E-state index contributed by atoms with van der Waals surface area (Å²) in [5.41, 5.74) is 4.01. The number of benzene rings is 2. The Kier molecular flexibility index (Phi) is 15.0. The number of carbonyl (C=O) groups excluding carboxylic acids is 1. The summed E-state index contributed by atoms with van der Waals surface area (Å²) in [5, 5.41) is 12.9. The Bertz CT molecular complexity index is 1550. The number of likely N-dealkylation sites (N-methyl/N-ethyl adjacent to an activating group) is 1. The van der Waals surface area contributed by atoms with Gasteiger partial charge in [0, 0.05) is 29.8 Å². The number of aryl methyl sites for hydroxylation is 1. The number of aldehydes is 1. The van der Waals surface area contributed by atoms with Gasteiger partial charge in [-0.15, -0.1) is 11.6 Å². The van der Waals surface area contributed by atoms with Gasteiger partial charge in [-0.25, -0.2) is 9.78 Å². The quantitative estimate of drug-likeness (QED) is 0.129. The number of ether oxygens (including phenoxy) is 1. The summed E-state index contributed by atoms with van der Waals surface area (Å²) < 4.78 is 8.13. The number of alkyl halides is 1. The van der Waals surface area contributed by atoms with Gasteiger partial charge in [0.05, 0.1) is 22.7 Å². The van der Waals surface area contributed by atoms with E-state index in [1.54, 1.807) is 24.3 Å². The molecule has 2 atom stereocenters. The van der Waals surface area contributed by atoms with Gasteiger partial charge in [0.15, 0.2) is 0 Å². The number of hydrogen-bond acceptors (Lipinski definition) is 5. The highest BCUT2D eigenvalue weighted by Gasteiger charge is 2.21. The monoisotopic (exact) mass is 691 g/mol. The van der Waals surface area contributed by atoms with E-state index in [1.165, 1.54) is 32.1 Å². The topological polar surface area (TPSA) is 93.5 Å². The van der Waals surface area contributed by atoms with E-state index in [2.05, 4.69) is 35.1 Å². The molecule has 9 heteroatoms. The number of carboxylic acids is 1. The first-order valence-electron chi connectivity index (χ1n) is 16.9. The minimum Gasteiger partial charge on any atom is -0.489 e. The molecule has 3 aromatic rings. The molecule has 0 spiro atoms. The van der Waals surface area contributed by atoms with Crippen LogP contribution in [0.2, 0.25) is 0 Å². The first-order chi connectivity index (χ1) is 23.3. The van der Waals surface area contributed by atoms with Crippen molar-refractivity contribution in [3.8, 4) is 5.75 Å². The van der Waals surface area contributed by atoms with Crippen molar-refractivity contribution in [2.75, 3.05) is 7.05 Å². The highest BCUT2D eigenvalue weighted by atomic mass is 35.5. The number of carbonyl (C=O) groups is 2. The molecule has 1 saturated carbocycles. The van der Waals surface area contributed by atoms with Crippen LogP contribution in [0.4, 0.5) is 0 Å². The van der Waals surface area contributed by atoms with Crippen molar-refractivity contribution >= 4 is 41.0 Å². The Morgan fingerprint density at radius 2 is 1.75 bits per heavy atom. The number of hydrogen-bond donors (Lipinski definition) is 2. The van der Waals surface area contributed by atoms with Crippen LogP contribution >= 0.6 is 23.2 Å². The van der Waals surface area contributed by atoms with E-state index in [-0.39, 0.29) is 17.0 Å². The van der Waals surface area contributed by atoms with Gasteiger partial charge in [-0.1, -0.05) is 99.5 Å². The fourth-order valence-electron chi connectivity index (χ4n) is 5.90. The summed E-state index contributed by atoms with van der Waals surface area (Å²) in [6.07, 6.45) is 21.1. The number of rotatable bonds is 14. The molecular weight excluding hydrogens is 645 g/mol. The second kappa shape index (κ2) is 19.4. The zero-order valence-electron chi connectivity index (χ0n) is 27.9. The fourth-order valence-corrected chi connectivity index (χ4v) is 6.28. The van der Waals surface area contributed by atoms with E-state index in [9.17, 15) is 9.59 Å². The van der Waals surface area contributed by atoms with Gasteiger partial charge in [0.25, 0.3) is 0 Å². The molecule has 2 aliphatic carbocycles. The summed E-state index contributed by atoms with van der Waals surface area (Å²) in [6.45, 7) is 3.42. The molecule has 256 valence electrons. The van der Waals surface area contributed by atoms with Gasteiger partial charge in [-0.3, -0.25) is 0 Å². The molecule has 2 N–H and O–H groups in total. The smallest absolute Gasteiger partial charge is 0.335 e. The summed E-state index contributed by atoms with van der Waals surface area (Å²) in [4.78, 5) is 26.1. The third-order valence-electron chi connectivity index (χ3n) is 8.75. The number of allylic oxidation sites excluding steroid dienone is 6. The maximum atomic E-state index is 11.0. The van der Waals surface area contributed by atoms with E-state index >= 15 is 0 Å². The van der Waals surface area contributed by atoms with Crippen LogP contribution < -0.4 is 10.1 Å². The predicted molar refractivity (Wildman–Crippen MR) is 195 cm³/mol. The number of nitrogens with one attached hydrogen (secondary N) is 1. The number of aromatic carboxylic acids is 1.